The molecule has 0 radical (unpaired) electrons. The number of hydrogen-bond acceptors (Lipinski definition) is 3. The zero-order chi connectivity index (χ0) is 17.5. The minimum absolute atomic E-state index is 0.304. The van der Waals surface area contributed by atoms with Crippen LogP contribution in [0.2, 0.25) is 0 Å². The summed E-state index contributed by atoms with van der Waals surface area (Å²) in [6.45, 7) is 5.69. The van der Waals surface area contributed by atoms with Crippen LogP contribution in [0.5, 0.6) is 0 Å². The van der Waals surface area contributed by atoms with Crippen molar-refractivity contribution in [2.45, 2.75) is 38.6 Å². The van der Waals surface area contributed by atoms with E-state index in [-0.39, 0.29) is 0 Å². The van der Waals surface area contributed by atoms with Crippen molar-refractivity contribution in [1.29, 1.82) is 0 Å². The Kier molecular flexibility index (Phi) is 6.48. The van der Waals surface area contributed by atoms with Gasteiger partial charge in [0, 0.05) is 31.4 Å². The van der Waals surface area contributed by atoms with Crippen LogP contribution in [0.3, 0.4) is 0 Å². The van der Waals surface area contributed by atoms with Crippen LogP contribution in [0.4, 0.5) is 5.69 Å². The van der Waals surface area contributed by atoms with Crippen LogP contribution in [0.1, 0.15) is 31.2 Å². The Labute approximate surface area is 151 Å². The van der Waals surface area contributed by atoms with Gasteiger partial charge in [-0.3, -0.25) is 0 Å². The van der Waals surface area contributed by atoms with Crippen LogP contribution in [0, 0.1) is 6.92 Å². The Morgan fingerprint density at radius 2 is 1.76 bits per heavy atom. The van der Waals surface area contributed by atoms with Gasteiger partial charge in [0.15, 0.2) is 0 Å². The van der Waals surface area contributed by atoms with E-state index in [2.05, 4.69) is 65.7 Å². The van der Waals surface area contributed by atoms with Gasteiger partial charge in [-0.15, -0.1) is 0 Å². The standard InChI is InChI=1S/C22H30N2O/c1-18-5-4-6-20(17-18)19-7-9-22(10-8-19)24-14-11-21(12-15-24)23-13-2-3-16-25/h4-10,17,21,23,25H,2-3,11-16H2,1H3. The molecule has 3 nitrogen and oxygen atoms in total. The molecule has 2 aromatic carbocycles. The van der Waals surface area contributed by atoms with E-state index in [0.29, 0.717) is 12.6 Å². The number of aryl methyl sites for hydroxylation is 1. The zero-order valence-corrected chi connectivity index (χ0v) is 15.2. The summed E-state index contributed by atoms with van der Waals surface area (Å²) in [4.78, 5) is 2.49. The van der Waals surface area contributed by atoms with Gasteiger partial charge in [-0.25, -0.2) is 0 Å². The molecule has 25 heavy (non-hydrogen) atoms. The highest BCUT2D eigenvalue weighted by Gasteiger charge is 2.18. The molecule has 0 aliphatic carbocycles. The number of benzene rings is 2. The van der Waals surface area contributed by atoms with Crippen molar-refractivity contribution < 1.29 is 5.11 Å². The van der Waals surface area contributed by atoms with Gasteiger partial charge >= 0.3 is 0 Å². The normalized spacial score (nSPS) is 15.5. The number of aliphatic hydroxyl groups is 1. The first kappa shape index (κ1) is 18.0. The van der Waals surface area contributed by atoms with E-state index in [4.69, 9.17) is 5.11 Å². The van der Waals surface area contributed by atoms with Crippen molar-refractivity contribution in [3.05, 3.63) is 54.1 Å². The Hall–Kier alpha value is -1.84. The summed E-state index contributed by atoms with van der Waals surface area (Å²) >= 11 is 0. The lowest BCUT2D eigenvalue weighted by Crippen LogP contribution is -2.42. The molecule has 0 bridgehead atoms. The average molecular weight is 338 g/mol. The second-order valence-corrected chi connectivity index (χ2v) is 7.06. The quantitative estimate of drug-likeness (QED) is 0.749. The van der Waals surface area contributed by atoms with E-state index < -0.39 is 0 Å². The van der Waals surface area contributed by atoms with Crippen LogP contribution < -0.4 is 10.2 Å². The smallest absolute Gasteiger partial charge is 0.0431 e. The maximum atomic E-state index is 8.84. The van der Waals surface area contributed by atoms with E-state index in [9.17, 15) is 0 Å². The SMILES string of the molecule is Cc1cccc(-c2ccc(N3CCC(NCCCCO)CC3)cc2)c1. The maximum absolute atomic E-state index is 8.84. The molecule has 0 amide bonds. The molecule has 1 heterocycles. The van der Waals surface area contributed by atoms with Gasteiger partial charge in [-0.2, -0.15) is 0 Å². The minimum atomic E-state index is 0.304. The minimum Gasteiger partial charge on any atom is -0.396 e. The van der Waals surface area contributed by atoms with E-state index in [1.165, 1.54) is 35.2 Å². The van der Waals surface area contributed by atoms with Crippen molar-refractivity contribution >= 4 is 5.69 Å². The molecule has 2 aromatic rings. The molecule has 3 heteroatoms. The third-order valence-electron chi connectivity index (χ3n) is 5.10. The van der Waals surface area contributed by atoms with Gasteiger partial charge in [-0.05, 0) is 62.4 Å². The van der Waals surface area contributed by atoms with Crippen LogP contribution in [0.15, 0.2) is 48.5 Å². The van der Waals surface area contributed by atoms with Crippen molar-refractivity contribution in [2.24, 2.45) is 0 Å². The molecule has 1 fully saturated rings. The van der Waals surface area contributed by atoms with Crippen molar-refractivity contribution in [3.63, 3.8) is 0 Å². The Balaban J connectivity index is 1.52. The van der Waals surface area contributed by atoms with Gasteiger partial charge < -0.3 is 15.3 Å². The molecular weight excluding hydrogens is 308 g/mol. The van der Waals surface area contributed by atoms with Crippen LogP contribution in [-0.2, 0) is 0 Å². The summed E-state index contributed by atoms with van der Waals surface area (Å²) in [5, 5.41) is 12.5. The monoisotopic (exact) mass is 338 g/mol. The fourth-order valence-electron chi connectivity index (χ4n) is 3.57. The maximum Gasteiger partial charge on any atom is 0.0431 e. The largest absolute Gasteiger partial charge is 0.396 e. The fraction of sp³-hybridized carbons (Fsp3) is 0.455. The second-order valence-electron chi connectivity index (χ2n) is 7.06. The molecule has 2 N–H and O–H groups in total. The van der Waals surface area contributed by atoms with E-state index in [0.717, 1.165) is 32.5 Å². The van der Waals surface area contributed by atoms with Crippen LogP contribution >= 0.6 is 0 Å². The molecule has 1 aliphatic heterocycles. The summed E-state index contributed by atoms with van der Waals surface area (Å²) in [6, 6.07) is 18.3. The Bertz CT molecular complexity index is 645. The Morgan fingerprint density at radius 1 is 1.00 bits per heavy atom. The van der Waals surface area contributed by atoms with E-state index >= 15 is 0 Å². The molecule has 0 saturated carbocycles. The lowest BCUT2D eigenvalue weighted by atomic mass is 10.0. The van der Waals surface area contributed by atoms with Gasteiger partial charge in [0.2, 0.25) is 0 Å². The molecule has 134 valence electrons. The molecule has 1 aliphatic rings. The number of nitrogens with one attached hydrogen (secondary N) is 1. The number of nitrogens with zero attached hydrogens (tertiary/aromatic N) is 1. The first-order valence-corrected chi connectivity index (χ1v) is 9.52. The van der Waals surface area contributed by atoms with E-state index in [1.807, 2.05) is 0 Å². The predicted octanol–water partition coefficient (Wildman–Crippen LogP) is 3.99. The number of anilines is 1. The van der Waals surface area contributed by atoms with Crippen molar-refractivity contribution in [1.82, 2.24) is 5.32 Å². The topological polar surface area (TPSA) is 35.5 Å². The first-order chi connectivity index (χ1) is 12.3. The lowest BCUT2D eigenvalue weighted by Gasteiger charge is -2.34. The molecule has 0 spiro atoms. The molecule has 0 unspecified atom stereocenters. The van der Waals surface area contributed by atoms with Crippen LogP contribution in [0.25, 0.3) is 11.1 Å². The van der Waals surface area contributed by atoms with Gasteiger partial charge in [-0.1, -0.05) is 42.0 Å². The molecular formula is C22H30N2O. The second kappa shape index (κ2) is 9.02. The Morgan fingerprint density at radius 3 is 2.44 bits per heavy atom. The summed E-state index contributed by atoms with van der Waals surface area (Å²) in [5.74, 6) is 0. The van der Waals surface area contributed by atoms with Gasteiger partial charge in [0.1, 0.15) is 0 Å². The fourth-order valence-corrected chi connectivity index (χ4v) is 3.57. The highest BCUT2D eigenvalue weighted by atomic mass is 16.2. The zero-order valence-electron chi connectivity index (χ0n) is 15.2. The van der Waals surface area contributed by atoms with Gasteiger partial charge in [0.05, 0.1) is 0 Å². The van der Waals surface area contributed by atoms with E-state index in [1.54, 1.807) is 0 Å². The van der Waals surface area contributed by atoms with Crippen molar-refractivity contribution in [3.8, 4) is 11.1 Å². The lowest BCUT2D eigenvalue weighted by molar-refractivity contribution is 0.281. The summed E-state index contributed by atoms with van der Waals surface area (Å²) in [5.41, 5.74) is 5.20. The molecule has 0 aromatic heterocycles. The third-order valence-corrected chi connectivity index (χ3v) is 5.10. The molecule has 3 rings (SSSR count). The summed E-state index contributed by atoms with van der Waals surface area (Å²) in [6.07, 6.45) is 4.35. The summed E-state index contributed by atoms with van der Waals surface area (Å²) in [7, 11) is 0. The predicted molar refractivity (Wildman–Crippen MR) is 106 cm³/mol. The number of unbranched alkanes of at least 4 members (excludes halogenated alkanes) is 1. The first-order valence-electron chi connectivity index (χ1n) is 9.52. The molecule has 1 saturated heterocycles. The number of rotatable bonds is 7. The molecule has 0 atom stereocenters. The highest BCUT2D eigenvalue weighted by molar-refractivity contribution is 5.67. The number of piperidine rings is 1. The number of aliphatic hydroxyl groups excluding tert-OH is 1. The summed E-state index contributed by atoms with van der Waals surface area (Å²) < 4.78 is 0. The third kappa shape index (κ3) is 5.07. The van der Waals surface area contributed by atoms with Gasteiger partial charge in [0.25, 0.3) is 0 Å². The van der Waals surface area contributed by atoms with Crippen LogP contribution in [-0.4, -0.2) is 37.4 Å². The highest BCUT2D eigenvalue weighted by Crippen LogP contribution is 2.25. The average Bonchev–Trinajstić information content (AvgIpc) is 2.66. The van der Waals surface area contributed by atoms with Crippen molar-refractivity contribution in [2.75, 3.05) is 31.1 Å². The number of hydrogen-bond donors (Lipinski definition) is 2.